The lowest BCUT2D eigenvalue weighted by atomic mass is 9.75. The molecule has 68 heavy (non-hydrogen) atoms. The Morgan fingerprint density at radius 2 is 1.34 bits per heavy atom. The van der Waals surface area contributed by atoms with Crippen LogP contribution in [0.2, 0.25) is 0 Å². The zero-order valence-electron chi connectivity index (χ0n) is 38.9. The van der Waals surface area contributed by atoms with Gasteiger partial charge in [-0.05, 0) is 107 Å². The molecule has 13 rings (SSSR count). The quantitative estimate of drug-likeness (QED) is 0.164. The molecule has 4 aliphatic rings. The summed E-state index contributed by atoms with van der Waals surface area (Å²) in [5.41, 5.74) is 16.7. The van der Waals surface area contributed by atoms with Crippen molar-refractivity contribution in [2.24, 2.45) is 21.8 Å². The van der Waals surface area contributed by atoms with Crippen LogP contribution in [0.15, 0.2) is 197 Å². The van der Waals surface area contributed by atoms with Crippen molar-refractivity contribution in [3.05, 3.63) is 226 Å². The van der Waals surface area contributed by atoms with E-state index in [1.807, 2.05) is 11.3 Å². The van der Waals surface area contributed by atoms with Crippen LogP contribution in [0.1, 0.15) is 98.0 Å². The molecular formula is C63H52N4S. The summed E-state index contributed by atoms with van der Waals surface area (Å²) in [5, 5.41) is 5.25. The zero-order valence-corrected chi connectivity index (χ0v) is 39.8. The van der Waals surface area contributed by atoms with E-state index in [0.29, 0.717) is 18.3 Å². The minimum Gasteiger partial charge on any atom is -0.309 e. The molecule has 0 saturated heterocycles. The van der Waals surface area contributed by atoms with E-state index in [9.17, 15) is 0 Å². The number of rotatable bonds is 6. The van der Waals surface area contributed by atoms with Crippen LogP contribution < -0.4 is 0 Å². The molecule has 3 aliphatic carbocycles. The van der Waals surface area contributed by atoms with E-state index < -0.39 is 5.54 Å². The molecule has 0 amide bonds. The lowest BCUT2D eigenvalue weighted by Gasteiger charge is -2.32. The van der Waals surface area contributed by atoms with Crippen molar-refractivity contribution in [3.8, 4) is 5.69 Å². The van der Waals surface area contributed by atoms with Gasteiger partial charge in [0, 0.05) is 55.4 Å². The number of pyridine rings is 1. The molecule has 0 spiro atoms. The standard InChI is InChI=1S/C63H52N4S/c1-38-22-23-44-34-39(2)36-52(51(44)35-38)60-61-59(50-18-10-13-21-57(50)68-61)58-40(3)47(32-33-53(58)64-60)41-24-26-43(27-25-41)62-65-54(42-14-6-5-7-15-42)37-63(4,66-62)45-28-30-46(31-29-45)67-55-19-11-8-16-48(55)49-17-9-12-20-56(49)67/h5-33,36,38-40,47H,34-35,37H2,1-4H3. The van der Waals surface area contributed by atoms with Crippen LogP contribution in [0.3, 0.4) is 0 Å². The Balaban J connectivity index is 0.862. The molecule has 5 heteroatoms. The van der Waals surface area contributed by atoms with Crippen LogP contribution in [0, 0.1) is 11.8 Å². The van der Waals surface area contributed by atoms with Gasteiger partial charge in [0.25, 0.3) is 0 Å². The average Bonchev–Trinajstić information content (AvgIpc) is 3.93. The summed E-state index contributed by atoms with van der Waals surface area (Å²) in [7, 11) is 0. The molecule has 330 valence electrons. The molecule has 4 heterocycles. The molecule has 0 radical (unpaired) electrons. The molecule has 3 aromatic heterocycles. The summed E-state index contributed by atoms with van der Waals surface area (Å²) in [5.74, 6) is 2.17. The molecule has 1 aliphatic heterocycles. The highest BCUT2D eigenvalue weighted by molar-refractivity contribution is 7.26. The summed E-state index contributed by atoms with van der Waals surface area (Å²) < 4.78 is 5.02. The number of fused-ring (bicyclic) bond motifs is 8. The smallest absolute Gasteiger partial charge is 0.155 e. The third-order valence-electron chi connectivity index (χ3n) is 15.2. The Morgan fingerprint density at radius 3 is 2.09 bits per heavy atom. The molecule has 0 saturated carbocycles. The number of benzene rings is 6. The predicted octanol–water partition coefficient (Wildman–Crippen LogP) is 16.3. The third kappa shape index (κ3) is 6.65. The van der Waals surface area contributed by atoms with Gasteiger partial charge in [0.05, 0.1) is 38.4 Å². The maximum Gasteiger partial charge on any atom is 0.155 e. The minimum atomic E-state index is -0.527. The van der Waals surface area contributed by atoms with Gasteiger partial charge in [-0.15, -0.1) is 11.3 Å². The summed E-state index contributed by atoms with van der Waals surface area (Å²) >= 11 is 1.92. The third-order valence-corrected chi connectivity index (χ3v) is 16.4. The summed E-state index contributed by atoms with van der Waals surface area (Å²) in [4.78, 5) is 16.5. The van der Waals surface area contributed by atoms with Gasteiger partial charge in [-0.1, -0.05) is 166 Å². The number of hydrogen-bond acceptors (Lipinski definition) is 4. The average molecular weight is 897 g/mol. The number of aliphatic imine (C=N–C) groups is 2. The summed E-state index contributed by atoms with van der Waals surface area (Å²) in [6.45, 7) is 9.37. The lowest BCUT2D eigenvalue weighted by Crippen LogP contribution is -2.30. The van der Waals surface area contributed by atoms with Crippen molar-refractivity contribution in [2.75, 3.05) is 0 Å². The molecule has 0 N–H and O–H groups in total. The van der Waals surface area contributed by atoms with Crippen LogP contribution in [0.4, 0.5) is 0 Å². The lowest BCUT2D eigenvalue weighted by molar-refractivity contribution is 0.515. The molecule has 5 atom stereocenters. The Bertz CT molecular complexity index is 3650. The fourth-order valence-corrected chi connectivity index (χ4v) is 13.1. The Labute approximate surface area is 402 Å². The Hall–Kier alpha value is -7.21. The molecule has 0 fully saturated rings. The van der Waals surface area contributed by atoms with Gasteiger partial charge in [0.15, 0.2) is 5.84 Å². The Kier molecular flexibility index (Phi) is 9.63. The van der Waals surface area contributed by atoms with Crippen LogP contribution in [-0.2, 0) is 5.54 Å². The van der Waals surface area contributed by atoms with Crippen molar-refractivity contribution in [1.82, 2.24) is 9.55 Å². The van der Waals surface area contributed by atoms with Crippen molar-refractivity contribution < 1.29 is 0 Å². The van der Waals surface area contributed by atoms with Crippen LogP contribution in [-0.4, -0.2) is 21.1 Å². The Morgan fingerprint density at radius 1 is 0.647 bits per heavy atom. The first-order chi connectivity index (χ1) is 33.3. The van der Waals surface area contributed by atoms with E-state index in [1.54, 1.807) is 0 Å². The van der Waals surface area contributed by atoms with Crippen molar-refractivity contribution in [1.29, 1.82) is 0 Å². The predicted molar refractivity (Wildman–Crippen MR) is 288 cm³/mol. The molecule has 6 aromatic carbocycles. The first-order valence-electron chi connectivity index (χ1n) is 24.4. The van der Waals surface area contributed by atoms with E-state index in [1.165, 1.54) is 75.4 Å². The number of amidine groups is 1. The van der Waals surface area contributed by atoms with Gasteiger partial charge in [0.1, 0.15) is 0 Å². The SMILES string of the molecule is CC1C=C(c2nc3c(c4c2sc2ccccc24)C(C)C(c2ccc(C4=NC(C)(c5ccc(-n6c7ccccc7c7ccccc76)cc5)CC(c5ccccc5)=N4)cc2)C=C3)C2=C(C=CC(C)C2)C1. The van der Waals surface area contributed by atoms with Gasteiger partial charge in [-0.3, -0.25) is 4.99 Å². The highest BCUT2D eigenvalue weighted by Gasteiger charge is 2.35. The van der Waals surface area contributed by atoms with Crippen LogP contribution >= 0.6 is 11.3 Å². The first-order valence-corrected chi connectivity index (χ1v) is 25.2. The second kappa shape index (κ2) is 16.0. The largest absolute Gasteiger partial charge is 0.309 e. The molecule has 4 nitrogen and oxygen atoms in total. The molecule has 9 aromatic rings. The zero-order chi connectivity index (χ0) is 45.7. The normalized spacial score (nSPS) is 22.4. The van der Waals surface area contributed by atoms with E-state index in [2.05, 4.69) is 214 Å². The topological polar surface area (TPSA) is 42.5 Å². The van der Waals surface area contributed by atoms with E-state index in [0.717, 1.165) is 52.6 Å². The van der Waals surface area contributed by atoms with Crippen molar-refractivity contribution >= 4 is 76.5 Å². The van der Waals surface area contributed by atoms with Crippen LogP contribution in [0.25, 0.3) is 59.3 Å². The molecule has 0 bridgehead atoms. The molecular weight excluding hydrogens is 845 g/mol. The van der Waals surface area contributed by atoms with Gasteiger partial charge >= 0.3 is 0 Å². The second-order valence-electron chi connectivity index (χ2n) is 19.9. The van der Waals surface area contributed by atoms with Crippen molar-refractivity contribution in [2.45, 2.75) is 64.3 Å². The van der Waals surface area contributed by atoms with E-state index in [-0.39, 0.29) is 11.8 Å². The van der Waals surface area contributed by atoms with Crippen molar-refractivity contribution in [3.63, 3.8) is 0 Å². The number of thiophene rings is 1. The number of nitrogens with zero attached hydrogens (tertiary/aromatic N) is 4. The number of allylic oxidation sites excluding steroid dienone is 7. The van der Waals surface area contributed by atoms with Gasteiger partial charge < -0.3 is 4.57 Å². The summed E-state index contributed by atoms with van der Waals surface area (Å²) in [6, 6.07) is 55.1. The van der Waals surface area contributed by atoms with E-state index >= 15 is 0 Å². The maximum absolute atomic E-state index is 5.64. The van der Waals surface area contributed by atoms with Crippen LogP contribution in [0.5, 0.6) is 0 Å². The molecule has 5 unspecified atom stereocenters. The minimum absolute atomic E-state index is 0.189. The number of hydrogen-bond donors (Lipinski definition) is 0. The van der Waals surface area contributed by atoms with Gasteiger partial charge in [-0.25, -0.2) is 9.98 Å². The maximum atomic E-state index is 5.64. The fourth-order valence-electron chi connectivity index (χ4n) is 11.8. The van der Waals surface area contributed by atoms with Gasteiger partial charge in [0.2, 0.25) is 0 Å². The van der Waals surface area contributed by atoms with E-state index in [4.69, 9.17) is 15.0 Å². The highest BCUT2D eigenvalue weighted by Crippen LogP contribution is 2.51. The summed E-state index contributed by atoms with van der Waals surface area (Å²) in [6.07, 6.45) is 14.9. The monoisotopic (exact) mass is 896 g/mol. The first kappa shape index (κ1) is 41.0. The highest BCUT2D eigenvalue weighted by atomic mass is 32.1. The second-order valence-corrected chi connectivity index (χ2v) is 20.9. The number of para-hydroxylation sites is 2. The number of aromatic nitrogens is 2. The van der Waals surface area contributed by atoms with Gasteiger partial charge in [-0.2, -0.15) is 0 Å². The fraction of sp³-hybridized carbons (Fsp3) is 0.190.